The van der Waals surface area contributed by atoms with Gasteiger partial charge in [0.2, 0.25) is 0 Å². The maximum atomic E-state index is 12.4. The standard InChI is InChI=1S/C14H10N2O4S2/c1-9(17)10-5-7-11(8-6-10)20-22(18,19)13-4-2-3-12-14(13)16-21-15-12/h2-8H,1H3. The number of nitrogens with zero attached hydrogens (tertiary/aromatic N) is 2. The number of hydrogen-bond acceptors (Lipinski definition) is 7. The quantitative estimate of drug-likeness (QED) is 0.538. The predicted octanol–water partition coefficient (Wildman–Crippen LogP) is 2.66. The molecule has 0 saturated heterocycles. The number of hydrogen-bond donors (Lipinski definition) is 0. The lowest BCUT2D eigenvalue weighted by atomic mass is 10.1. The van der Waals surface area contributed by atoms with Crippen molar-refractivity contribution in [3.05, 3.63) is 48.0 Å². The summed E-state index contributed by atoms with van der Waals surface area (Å²) in [6.45, 7) is 1.43. The summed E-state index contributed by atoms with van der Waals surface area (Å²) in [6, 6.07) is 10.6. The summed E-state index contributed by atoms with van der Waals surface area (Å²) in [7, 11) is -4.02. The van der Waals surface area contributed by atoms with Crippen LogP contribution in [-0.2, 0) is 10.1 Å². The van der Waals surface area contributed by atoms with Gasteiger partial charge in [0.1, 0.15) is 21.7 Å². The molecule has 0 bridgehead atoms. The van der Waals surface area contributed by atoms with E-state index >= 15 is 0 Å². The molecular formula is C14H10N2O4S2. The Morgan fingerprint density at radius 1 is 1.09 bits per heavy atom. The molecular weight excluding hydrogens is 324 g/mol. The zero-order chi connectivity index (χ0) is 15.7. The van der Waals surface area contributed by atoms with E-state index < -0.39 is 10.1 Å². The van der Waals surface area contributed by atoms with Crippen LogP contribution >= 0.6 is 11.7 Å². The highest BCUT2D eigenvalue weighted by Gasteiger charge is 2.21. The SMILES string of the molecule is CC(=O)c1ccc(OS(=O)(=O)c2cccc3nsnc23)cc1. The lowest BCUT2D eigenvalue weighted by molar-refractivity contribution is 0.101. The lowest BCUT2D eigenvalue weighted by Crippen LogP contribution is -2.10. The summed E-state index contributed by atoms with van der Waals surface area (Å²) in [5.41, 5.74) is 1.27. The van der Waals surface area contributed by atoms with E-state index in [1.807, 2.05) is 0 Å². The monoisotopic (exact) mass is 334 g/mol. The number of rotatable bonds is 4. The predicted molar refractivity (Wildman–Crippen MR) is 81.7 cm³/mol. The molecule has 0 fully saturated rings. The first-order chi connectivity index (χ1) is 10.5. The zero-order valence-corrected chi connectivity index (χ0v) is 13.0. The van der Waals surface area contributed by atoms with Crippen LogP contribution in [0.2, 0.25) is 0 Å². The van der Waals surface area contributed by atoms with Crippen LogP contribution < -0.4 is 4.18 Å². The van der Waals surface area contributed by atoms with Gasteiger partial charge in [-0.25, -0.2) is 0 Å². The first-order valence-corrected chi connectivity index (χ1v) is 8.38. The largest absolute Gasteiger partial charge is 0.379 e. The molecule has 22 heavy (non-hydrogen) atoms. The van der Waals surface area contributed by atoms with E-state index in [2.05, 4.69) is 8.75 Å². The average molecular weight is 334 g/mol. The van der Waals surface area contributed by atoms with Gasteiger partial charge in [-0.1, -0.05) is 6.07 Å². The minimum Gasteiger partial charge on any atom is -0.379 e. The molecule has 0 spiro atoms. The van der Waals surface area contributed by atoms with Crippen LogP contribution in [0.1, 0.15) is 17.3 Å². The van der Waals surface area contributed by atoms with Gasteiger partial charge >= 0.3 is 10.1 Å². The van der Waals surface area contributed by atoms with Crippen molar-refractivity contribution in [2.75, 3.05) is 0 Å². The molecule has 0 radical (unpaired) electrons. The molecule has 3 aromatic rings. The van der Waals surface area contributed by atoms with Gasteiger partial charge in [0.05, 0.1) is 11.7 Å². The molecule has 0 saturated carbocycles. The molecule has 8 heteroatoms. The zero-order valence-electron chi connectivity index (χ0n) is 11.4. The van der Waals surface area contributed by atoms with Gasteiger partial charge in [-0.2, -0.15) is 17.2 Å². The Hall–Kier alpha value is -2.32. The number of fused-ring (bicyclic) bond motifs is 1. The number of carbonyl (C=O) groups excluding carboxylic acids is 1. The maximum Gasteiger partial charge on any atom is 0.341 e. The highest BCUT2D eigenvalue weighted by molar-refractivity contribution is 7.87. The first kappa shape index (κ1) is 14.6. The van der Waals surface area contributed by atoms with Crippen LogP contribution in [0.3, 0.4) is 0 Å². The third kappa shape index (κ3) is 2.70. The Morgan fingerprint density at radius 2 is 1.82 bits per heavy atom. The Kier molecular flexibility index (Phi) is 3.63. The van der Waals surface area contributed by atoms with Gasteiger partial charge in [0, 0.05) is 5.56 Å². The molecule has 0 atom stereocenters. The summed E-state index contributed by atoms with van der Waals surface area (Å²) < 4.78 is 37.9. The van der Waals surface area contributed by atoms with E-state index in [0.29, 0.717) is 11.1 Å². The van der Waals surface area contributed by atoms with Gasteiger partial charge in [-0.3, -0.25) is 4.79 Å². The van der Waals surface area contributed by atoms with Crippen molar-refractivity contribution < 1.29 is 17.4 Å². The number of carbonyl (C=O) groups is 1. The number of aromatic nitrogens is 2. The van der Waals surface area contributed by atoms with E-state index in [0.717, 1.165) is 11.7 Å². The van der Waals surface area contributed by atoms with Crippen LogP contribution in [0.25, 0.3) is 11.0 Å². The second-order valence-corrected chi connectivity index (χ2v) is 6.55. The van der Waals surface area contributed by atoms with Crippen LogP contribution in [-0.4, -0.2) is 22.9 Å². The third-order valence-electron chi connectivity index (χ3n) is 2.99. The summed E-state index contributed by atoms with van der Waals surface area (Å²) in [4.78, 5) is 11.2. The summed E-state index contributed by atoms with van der Waals surface area (Å²) in [6.07, 6.45) is 0. The Labute approximate surface area is 130 Å². The maximum absolute atomic E-state index is 12.4. The molecule has 0 amide bonds. The van der Waals surface area contributed by atoms with Crippen molar-refractivity contribution in [3.63, 3.8) is 0 Å². The summed E-state index contributed by atoms with van der Waals surface area (Å²) in [5.74, 6) is 0.0258. The van der Waals surface area contributed by atoms with Gasteiger partial charge in [0.15, 0.2) is 5.78 Å². The Bertz CT molecular complexity index is 946. The lowest BCUT2D eigenvalue weighted by Gasteiger charge is -2.07. The van der Waals surface area contributed by atoms with Gasteiger partial charge in [-0.15, -0.1) is 0 Å². The molecule has 0 unspecified atom stereocenters. The molecule has 0 N–H and O–H groups in total. The average Bonchev–Trinajstić information content (AvgIpc) is 2.95. The smallest absolute Gasteiger partial charge is 0.341 e. The third-order valence-corrected chi connectivity index (χ3v) is 4.81. The number of benzene rings is 2. The first-order valence-electron chi connectivity index (χ1n) is 6.24. The van der Waals surface area contributed by atoms with Crippen molar-refractivity contribution in [2.45, 2.75) is 11.8 Å². The number of ketones is 1. The van der Waals surface area contributed by atoms with E-state index in [4.69, 9.17) is 4.18 Å². The van der Waals surface area contributed by atoms with Crippen LogP contribution in [0, 0.1) is 0 Å². The molecule has 1 heterocycles. The van der Waals surface area contributed by atoms with Crippen LogP contribution in [0.15, 0.2) is 47.4 Å². The minimum atomic E-state index is -4.02. The second-order valence-electron chi connectivity index (χ2n) is 4.51. The van der Waals surface area contributed by atoms with Gasteiger partial charge < -0.3 is 4.18 Å². The molecule has 1 aromatic heterocycles. The minimum absolute atomic E-state index is 0.0330. The Morgan fingerprint density at radius 3 is 2.50 bits per heavy atom. The van der Waals surface area contributed by atoms with Crippen molar-refractivity contribution >= 4 is 38.7 Å². The number of Topliss-reactive ketones (excluding diaryl/α,β-unsaturated/α-hetero) is 1. The fourth-order valence-corrected chi connectivity index (χ4v) is 3.59. The van der Waals surface area contributed by atoms with Crippen LogP contribution in [0.4, 0.5) is 0 Å². The molecule has 6 nitrogen and oxygen atoms in total. The second kappa shape index (κ2) is 5.47. The Balaban J connectivity index is 1.97. The van der Waals surface area contributed by atoms with E-state index in [1.54, 1.807) is 12.1 Å². The summed E-state index contributed by atoms with van der Waals surface area (Å²) >= 11 is 0.937. The molecule has 3 rings (SSSR count). The fourth-order valence-electron chi connectivity index (χ4n) is 1.90. The summed E-state index contributed by atoms with van der Waals surface area (Å²) in [5, 5.41) is 0. The van der Waals surface area contributed by atoms with Crippen LogP contribution in [0.5, 0.6) is 5.75 Å². The van der Waals surface area contributed by atoms with Crippen molar-refractivity contribution in [1.29, 1.82) is 0 Å². The topological polar surface area (TPSA) is 86.2 Å². The molecule has 0 aliphatic rings. The highest BCUT2D eigenvalue weighted by Crippen LogP contribution is 2.25. The van der Waals surface area contributed by atoms with E-state index in [9.17, 15) is 13.2 Å². The van der Waals surface area contributed by atoms with Gasteiger partial charge in [0.25, 0.3) is 0 Å². The van der Waals surface area contributed by atoms with Crippen molar-refractivity contribution in [3.8, 4) is 5.75 Å². The van der Waals surface area contributed by atoms with Gasteiger partial charge in [-0.05, 0) is 43.3 Å². The fraction of sp³-hybridized carbons (Fsp3) is 0.0714. The molecule has 112 valence electrons. The van der Waals surface area contributed by atoms with Crippen molar-refractivity contribution in [2.24, 2.45) is 0 Å². The van der Waals surface area contributed by atoms with Crippen molar-refractivity contribution in [1.82, 2.24) is 8.75 Å². The van der Waals surface area contributed by atoms with E-state index in [-0.39, 0.29) is 21.9 Å². The normalized spacial score (nSPS) is 11.5. The highest BCUT2D eigenvalue weighted by atomic mass is 32.2. The molecule has 0 aliphatic heterocycles. The molecule has 0 aliphatic carbocycles. The van der Waals surface area contributed by atoms with E-state index in [1.165, 1.54) is 37.3 Å². The molecule has 2 aromatic carbocycles.